The highest BCUT2D eigenvalue weighted by Gasteiger charge is 2.40. The molecule has 1 N–H and O–H groups in total. The fourth-order valence-corrected chi connectivity index (χ4v) is 2.91. The summed E-state index contributed by atoms with van der Waals surface area (Å²) >= 11 is 0. The number of hydrogen-bond donors (Lipinski definition) is 1. The van der Waals surface area contributed by atoms with Gasteiger partial charge in [-0.1, -0.05) is 32.4 Å². The van der Waals surface area contributed by atoms with Crippen LogP contribution in [0.4, 0.5) is 11.4 Å². The van der Waals surface area contributed by atoms with Crippen molar-refractivity contribution in [1.29, 1.82) is 0 Å². The second-order valence-electron chi connectivity index (χ2n) is 5.91. The van der Waals surface area contributed by atoms with Crippen molar-refractivity contribution in [2.45, 2.75) is 26.3 Å². The normalized spacial score (nSPS) is 18.3. The van der Waals surface area contributed by atoms with E-state index in [0.29, 0.717) is 11.3 Å². The Morgan fingerprint density at radius 1 is 1.39 bits per heavy atom. The monoisotopic (exact) mass is 312 g/mol. The number of nitrogens with one attached hydrogen (secondary N) is 1. The van der Waals surface area contributed by atoms with Gasteiger partial charge in [0.25, 0.3) is 5.91 Å². The summed E-state index contributed by atoms with van der Waals surface area (Å²) in [4.78, 5) is 27.2. The van der Waals surface area contributed by atoms with Crippen molar-refractivity contribution < 1.29 is 9.59 Å². The zero-order valence-electron chi connectivity index (χ0n) is 13.5. The van der Waals surface area contributed by atoms with Gasteiger partial charge in [-0.25, -0.2) is 0 Å². The maximum absolute atomic E-state index is 13.0. The van der Waals surface area contributed by atoms with Gasteiger partial charge in [-0.05, 0) is 18.1 Å². The SMILES string of the molecule is CC[C@H](C)[C@H]1C(=O)Nc2ccccc2N1C(=O)c1cnn(C)c1. The van der Waals surface area contributed by atoms with Crippen LogP contribution in [-0.4, -0.2) is 27.6 Å². The molecule has 23 heavy (non-hydrogen) atoms. The average Bonchev–Trinajstić information content (AvgIpc) is 2.98. The predicted molar refractivity (Wildman–Crippen MR) is 88.3 cm³/mol. The molecule has 120 valence electrons. The molecule has 0 aliphatic carbocycles. The quantitative estimate of drug-likeness (QED) is 0.946. The summed E-state index contributed by atoms with van der Waals surface area (Å²) in [6.45, 7) is 4.01. The number of hydrogen-bond acceptors (Lipinski definition) is 3. The Balaban J connectivity index is 2.10. The Labute approximate surface area is 135 Å². The number of aromatic nitrogens is 2. The molecule has 2 aromatic rings. The first-order valence-electron chi connectivity index (χ1n) is 7.75. The van der Waals surface area contributed by atoms with Crippen LogP contribution in [0.3, 0.4) is 0 Å². The molecule has 0 unspecified atom stereocenters. The highest BCUT2D eigenvalue weighted by atomic mass is 16.2. The molecule has 6 nitrogen and oxygen atoms in total. The molecule has 1 aliphatic rings. The Bertz CT molecular complexity index is 753. The summed E-state index contributed by atoms with van der Waals surface area (Å²) in [7, 11) is 1.76. The molecular formula is C17H20N4O2. The number of amides is 2. The van der Waals surface area contributed by atoms with Crippen molar-refractivity contribution in [2.75, 3.05) is 10.2 Å². The molecule has 2 heterocycles. The number of para-hydroxylation sites is 2. The van der Waals surface area contributed by atoms with Crippen molar-refractivity contribution in [3.8, 4) is 0 Å². The van der Waals surface area contributed by atoms with Crippen molar-refractivity contribution >= 4 is 23.2 Å². The van der Waals surface area contributed by atoms with E-state index in [2.05, 4.69) is 10.4 Å². The van der Waals surface area contributed by atoms with Crippen LogP contribution in [0.25, 0.3) is 0 Å². The van der Waals surface area contributed by atoms with E-state index in [1.165, 1.54) is 6.20 Å². The Morgan fingerprint density at radius 2 is 2.13 bits per heavy atom. The van der Waals surface area contributed by atoms with Crippen LogP contribution in [0.15, 0.2) is 36.7 Å². The molecule has 0 fully saturated rings. The zero-order valence-corrected chi connectivity index (χ0v) is 13.5. The van der Waals surface area contributed by atoms with Crippen LogP contribution in [0, 0.1) is 5.92 Å². The van der Waals surface area contributed by atoms with Crippen LogP contribution in [-0.2, 0) is 11.8 Å². The van der Waals surface area contributed by atoms with Crippen molar-refractivity contribution in [3.63, 3.8) is 0 Å². The lowest BCUT2D eigenvalue weighted by molar-refractivity contribution is -0.118. The van der Waals surface area contributed by atoms with Gasteiger partial charge in [0.1, 0.15) is 6.04 Å². The van der Waals surface area contributed by atoms with Crippen molar-refractivity contribution in [3.05, 3.63) is 42.2 Å². The molecule has 6 heteroatoms. The number of nitrogens with zero attached hydrogens (tertiary/aromatic N) is 3. The predicted octanol–water partition coefficient (Wildman–Crippen LogP) is 2.43. The Hall–Kier alpha value is -2.63. The minimum absolute atomic E-state index is 0.0453. The lowest BCUT2D eigenvalue weighted by Crippen LogP contribution is -2.54. The average molecular weight is 312 g/mol. The van der Waals surface area contributed by atoms with Gasteiger partial charge in [0.15, 0.2) is 0 Å². The first kappa shape index (κ1) is 15.3. The number of fused-ring (bicyclic) bond motifs is 1. The number of benzene rings is 1. The fraction of sp³-hybridized carbons (Fsp3) is 0.353. The molecule has 1 aromatic carbocycles. The van der Waals surface area contributed by atoms with Crippen LogP contribution in [0.5, 0.6) is 0 Å². The molecule has 0 radical (unpaired) electrons. The number of carbonyl (C=O) groups is 2. The lowest BCUT2D eigenvalue weighted by Gasteiger charge is -2.39. The van der Waals surface area contributed by atoms with Crippen LogP contribution < -0.4 is 10.2 Å². The lowest BCUT2D eigenvalue weighted by atomic mass is 9.93. The van der Waals surface area contributed by atoms with Crippen molar-refractivity contribution in [2.24, 2.45) is 13.0 Å². The smallest absolute Gasteiger partial charge is 0.262 e. The molecular weight excluding hydrogens is 292 g/mol. The van der Waals surface area contributed by atoms with E-state index < -0.39 is 6.04 Å². The van der Waals surface area contributed by atoms with Gasteiger partial charge in [0, 0.05) is 13.2 Å². The largest absolute Gasteiger partial charge is 0.322 e. The summed E-state index contributed by atoms with van der Waals surface area (Å²) < 4.78 is 1.58. The Kier molecular flexibility index (Phi) is 3.90. The summed E-state index contributed by atoms with van der Waals surface area (Å²) in [5.41, 5.74) is 1.87. The standard InChI is InChI=1S/C17H20N4O2/c1-4-11(2)15-16(22)19-13-7-5-6-8-14(13)21(15)17(23)12-9-18-20(3)10-12/h5-11,15H,4H2,1-3H3,(H,19,22)/t11-,15-/m0/s1. The van der Waals surface area contributed by atoms with Crippen LogP contribution in [0.2, 0.25) is 0 Å². The van der Waals surface area contributed by atoms with E-state index in [4.69, 9.17) is 0 Å². The van der Waals surface area contributed by atoms with E-state index >= 15 is 0 Å². The fourth-order valence-electron chi connectivity index (χ4n) is 2.91. The molecule has 2 amide bonds. The first-order valence-corrected chi connectivity index (χ1v) is 7.75. The van der Waals surface area contributed by atoms with Gasteiger partial charge in [-0.2, -0.15) is 5.10 Å². The van der Waals surface area contributed by atoms with Gasteiger partial charge >= 0.3 is 0 Å². The van der Waals surface area contributed by atoms with Crippen LogP contribution in [0.1, 0.15) is 30.6 Å². The Morgan fingerprint density at radius 3 is 2.78 bits per heavy atom. The number of anilines is 2. The molecule has 2 atom stereocenters. The second-order valence-corrected chi connectivity index (χ2v) is 5.91. The zero-order chi connectivity index (χ0) is 16.6. The molecule has 1 aliphatic heterocycles. The molecule has 0 spiro atoms. The number of carbonyl (C=O) groups excluding carboxylic acids is 2. The van der Waals surface area contributed by atoms with Crippen molar-refractivity contribution in [1.82, 2.24) is 9.78 Å². The van der Waals surface area contributed by atoms with Crippen LogP contribution >= 0.6 is 0 Å². The molecule has 3 rings (SSSR count). The maximum Gasteiger partial charge on any atom is 0.262 e. The van der Waals surface area contributed by atoms with Gasteiger partial charge in [0.05, 0.1) is 23.1 Å². The van der Waals surface area contributed by atoms with Gasteiger partial charge in [0.2, 0.25) is 5.91 Å². The third kappa shape index (κ3) is 2.60. The van der Waals surface area contributed by atoms with Gasteiger partial charge < -0.3 is 5.32 Å². The topological polar surface area (TPSA) is 67.2 Å². The third-order valence-corrected chi connectivity index (χ3v) is 4.32. The van der Waals surface area contributed by atoms with E-state index in [9.17, 15) is 9.59 Å². The van der Waals surface area contributed by atoms with Gasteiger partial charge in [-0.15, -0.1) is 0 Å². The number of aryl methyl sites for hydroxylation is 1. The van der Waals surface area contributed by atoms with Gasteiger partial charge in [-0.3, -0.25) is 19.2 Å². The van der Waals surface area contributed by atoms with E-state index in [1.807, 2.05) is 38.1 Å². The highest BCUT2D eigenvalue weighted by molar-refractivity contribution is 6.16. The number of rotatable bonds is 3. The van der Waals surface area contributed by atoms with E-state index in [0.717, 1.165) is 12.1 Å². The molecule has 0 saturated carbocycles. The van der Waals surface area contributed by atoms with E-state index in [-0.39, 0.29) is 17.7 Å². The molecule has 0 bridgehead atoms. The summed E-state index contributed by atoms with van der Waals surface area (Å²) in [5, 5.41) is 6.98. The minimum Gasteiger partial charge on any atom is -0.322 e. The van der Waals surface area contributed by atoms with E-state index in [1.54, 1.807) is 22.8 Å². The summed E-state index contributed by atoms with van der Waals surface area (Å²) in [6, 6.07) is 6.85. The summed E-state index contributed by atoms with van der Waals surface area (Å²) in [6.07, 6.45) is 4.01. The first-order chi connectivity index (χ1) is 11.0. The minimum atomic E-state index is -0.525. The molecule has 1 aromatic heterocycles. The highest BCUT2D eigenvalue weighted by Crippen LogP contribution is 2.35. The summed E-state index contributed by atoms with van der Waals surface area (Å²) in [5.74, 6) is -0.301. The maximum atomic E-state index is 13.0. The third-order valence-electron chi connectivity index (χ3n) is 4.32. The second kappa shape index (κ2) is 5.87. The molecule has 0 saturated heterocycles.